The summed E-state index contributed by atoms with van der Waals surface area (Å²) in [6.45, 7) is 6.73. The summed E-state index contributed by atoms with van der Waals surface area (Å²) in [7, 11) is 0. The molecular weight excluding hydrogens is 369 g/mol. The number of piperidine rings is 1. The van der Waals surface area contributed by atoms with Crippen molar-refractivity contribution >= 4 is 17.1 Å². The van der Waals surface area contributed by atoms with Crippen molar-refractivity contribution in [1.82, 2.24) is 14.9 Å². The Bertz CT molecular complexity index is 1030. The van der Waals surface area contributed by atoms with Crippen LogP contribution in [0.1, 0.15) is 45.1 Å². The van der Waals surface area contributed by atoms with Gasteiger partial charge in [-0.2, -0.15) is 0 Å². The normalized spacial score (nSPS) is 15.7. The highest BCUT2D eigenvalue weighted by Crippen LogP contribution is 2.33. The first-order valence-electron chi connectivity index (χ1n) is 10.0. The van der Waals surface area contributed by atoms with E-state index in [1.807, 2.05) is 51.2 Å². The van der Waals surface area contributed by atoms with E-state index < -0.39 is 5.60 Å². The van der Waals surface area contributed by atoms with Crippen molar-refractivity contribution in [3.63, 3.8) is 0 Å². The van der Waals surface area contributed by atoms with Gasteiger partial charge < -0.3 is 14.6 Å². The van der Waals surface area contributed by atoms with Crippen LogP contribution in [0.5, 0.6) is 0 Å². The number of benzene rings is 1. The van der Waals surface area contributed by atoms with Crippen molar-refractivity contribution in [2.45, 2.75) is 45.1 Å². The second-order valence-electron chi connectivity index (χ2n) is 8.62. The number of carbonyl (C=O) groups excluding carboxylic acids is 1. The lowest BCUT2D eigenvalue weighted by Gasteiger charge is -2.33. The van der Waals surface area contributed by atoms with Crippen molar-refractivity contribution in [2.75, 3.05) is 13.1 Å². The number of pyridine rings is 1. The second kappa shape index (κ2) is 7.50. The molecule has 0 aliphatic carbocycles. The Morgan fingerprint density at radius 2 is 1.93 bits per heavy atom. The minimum Gasteiger partial charge on any atom is -0.444 e. The van der Waals surface area contributed by atoms with E-state index in [2.05, 4.69) is 9.97 Å². The molecule has 3 heterocycles. The Hall–Kier alpha value is -2.89. The molecule has 1 N–H and O–H groups in total. The molecule has 0 spiro atoms. The highest BCUT2D eigenvalue weighted by molar-refractivity contribution is 5.81. The van der Waals surface area contributed by atoms with Crippen LogP contribution in [0.4, 0.5) is 9.18 Å². The molecule has 0 unspecified atom stereocenters. The molecular formula is C23H26FN3O2. The number of hydrogen-bond acceptors (Lipinski definition) is 3. The third-order valence-corrected chi connectivity index (χ3v) is 5.32. The van der Waals surface area contributed by atoms with E-state index >= 15 is 0 Å². The molecule has 1 fully saturated rings. The molecule has 0 saturated carbocycles. The van der Waals surface area contributed by atoms with Crippen LogP contribution in [0.3, 0.4) is 0 Å². The highest BCUT2D eigenvalue weighted by Gasteiger charge is 2.28. The number of hydrogen-bond donors (Lipinski definition) is 1. The van der Waals surface area contributed by atoms with Crippen molar-refractivity contribution in [3.05, 3.63) is 54.1 Å². The molecule has 2 aromatic heterocycles. The Morgan fingerprint density at radius 3 is 2.62 bits per heavy atom. The summed E-state index contributed by atoms with van der Waals surface area (Å²) in [5, 5.41) is 1.00. The zero-order chi connectivity index (χ0) is 20.6. The Balaban J connectivity index is 1.45. The zero-order valence-corrected chi connectivity index (χ0v) is 17.0. The van der Waals surface area contributed by atoms with Crippen LogP contribution in [0.15, 0.2) is 42.7 Å². The van der Waals surface area contributed by atoms with Crippen LogP contribution in [-0.2, 0) is 4.74 Å². The van der Waals surface area contributed by atoms with Gasteiger partial charge in [0.25, 0.3) is 0 Å². The maximum absolute atomic E-state index is 14.9. The van der Waals surface area contributed by atoms with Gasteiger partial charge in [0.15, 0.2) is 0 Å². The number of aromatic amines is 1. The first-order valence-corrected chi connectivity index (χ1v) is 10.0. The van der Waals surface area contributed by atoms with Crippen LogP contribution in [0.25, 0.3) is 22.2 Å². The van der Waals surface area contributed by atoms with Gasteiger partial charge in [-0.3, -0.25) is 0 Å². The van der Waals surface area contributed by atoms with E-state index in [0.717, 1.165) is 35.0 Å². The van der Waals surface area contributed by atoms with Crippen molar-refractivity contribution in [1.29, 1.82) is 0 Å². The number of rotatable bonds is 2. The zero-order valence-electron chi connectivity index (χ0n) is 17.0. The van der Waals surface area contributed by atoms with Crippen LogP contribution < -0.4 is 0 Å². The monoisotopic (exact) mass is 395 g/mol. The second-order valence-corrected chi connectivity index (χ2v) is 8.62. The van der Waals surface area contributed by atoms with Crippen molar-refractivity contribution in [2.24, 2.45) is 0 Å². The number of nitrogens with zero attached hydrogens (tertiary/aromatic N) is 2. The first-order chi connectivity index (χ1) is 13.8. The summed E-state index contributed by atoms with van der Waals surface area (Å²) in [4.78, 5) is 21.4. The van der Waals surface area contributed by atoms with E-state index in [1.165, 1.54) is 0 Å². The fraction of sp³-hybridized carbons (Fsp3) is 0.391. The average Bonchev–Trinajstić information content (AvgIpc) is 3.14. The third kappa shape index (κ3) is 4.26. The van der Waals surface area contributed by atoms with Gasteiger partial charge in [0, 0.05) is 36.4 Å². The predicted octanol–water partition coefficient (Wildman–Crippen LogP) is 5.48. The van der Waals surface area contributed by atoms with Gasteiger partial charge in [0.1, 0.15) is 17.1 Å². The lowest BCUT2D eigenvalue weighted by atomic mass is 9.88. The number of nitrogens with one attached hydrogen (secondary N) is 1. The number of amides is 1. The van der Waals surface area contributed by atoms with Gasteiger partial charge in [0.2, 0.25) is 0 Å². The summed E-state index contributed by atoms with van der Waals surface area (Å²) >= 11 is 0. The lowest BCUT2D eigenvalue weighted by Crippen LogP contribution is -2.41. The van der Waals surface area contributed by atoms with Crippen LogP contribution in [0, 0.1) is 5.82 Å². The maximum Gasteiger partial charge on any atom is 0.410 e. The first kappa shape index (κ1) is 19.4. The average molecular weight is 395 g/mol. The number of H-pyrrole nitrogens is 1. The van der Waals surface area contributed by atoms with E-state index in [-0.39, 0.29) is 17.8 Å². The van der Waals surface area contributed by atoms with Crippen LogP contribution >= 0.6 is 0 Å². The fourth-order valence-corrected chi connectivity index (χ4v) is 3.84. The summed E-state index contributed by atoms with van der Waals surface area (Å²) in [5.74, 6) is -0.0969. The Labute approximate surface area is 169 Å². The number of carbonyl (C=O) groups is 1. The molecule has 1 amide bonds. The topological polar surface area (TPSA) is 58.2 Å². The van der Waals surface area contributed by atoms with Crippen LogP contribution in [0.2, 0.25) is 0 Å². The van der Waals surface area contributed by atoms with E-state index in [1.54, 1.807) is 17.2 Å². The quantitative estimate of drug-likeness (QED) is 0.625. The largest absolute Gasteiger partial charge is 0.444 e. The standard InChI is InChI=1S/C23H26FN3O2/c1-23(2,3)29-22(28)27-10-7-15(8-11-27)19-5-4-16(13-20(19)24)18-12-17-6-9-25-21(17)26-14-18/h4-6,9,12-15H,7-8,10-11H2,1-3H3,(H,25,26). The molecule has 1 aliphatic rings. The summed E-state index contributed by atoms with van der Waals surface area (Å²) < 4.78 is 20.4. The van der Waals surface area contributed by atoms with E-state index in [0.29, 0.717) is 18.7 Å². The molecule has 4 rings (SSSR count). The van der Waals surface area contributed by atoms with E-state index in [4.69, 9.17) is 4.74 Å². The minimum atomic E-state index is -0.506. The van der Waals surface area contributed by atoms with Gasteiger partial charge in [-0.1, -0.05) is 12.1 Å². The molecule has 5 nitrogen and oxygen atoms in total. The lowest BCUT2D eigenvalue weighted by molar-refractivity contribution is 0.0204. The SMILES string of the molecule is CC(C)(C)OC(=O)N1CCC(c2ccc(-c3cnc4[nH]ccc4c3)cc2F)CC1. The van der Waals surface area contributed by atoms with E-state index in [9.17, 15) is 9.18 Å². The minimum absolute atomic E-state index is 0.105. The number of fused-ring (bicyclic) bond motifs is 1. The smallest absolute Gasteiger partial charge is 0.410 e. The molecule has 0 radical (unpaired) electrons. The Kier molecular flexibility index (Phi) is 5.03. The Morgan fingerprint density at radius 1 is 1.17 bits per heavy atom. The van der Waals surface area contributed by atoms with Crippen LogP contribution in [-0.4, -0.2) is 39.7 Å². The maximum atomic E-state index is 14.9. The molecule has 1 saturated heterocycles. The third-order valence-electron chi connectivity index (χ3n) is 5.32. The van der Waals surface area contributed by atoms with Gasteiger partial charge in [0.05, 0.1) is 0 Å². The molecule has 1 aliphatic heterocycles. The number of ether oxygens (including phenoxy) is 1. The fourth-order valence-electron chi connectivity index (χ4n) is 3.84. The number of halogens is 1. The van der Waals surface area contributed by atoms with Crippen molar-refractivity contribution < 1.29 is 13.9 Å². The summed E-state index contributed by atoms with van der Waals surface area (Å²) in [6, 6.07) is 9.38. The molecule has 1 aromatic carbocycles. The highest BCUT2D eigenvalue weighted by atomic mass is 19.1. The molecule has 0 bridgehead atoms. The van der Waals surface area contributed by atoms with Crippen molar-refractivity contribution in [3.8, 4) is 11.1 Å². The van der Waals surface area contributed by atoms with Gasteiger partial charge in [-0.25, -0.2) is 14.2 Å². The molecule has 0 atom stereocenters. The summed E-state index contributed by atoms with van der Waals surface area (Å²) in [5.41, 5.74) is 2.74. The molecule has 152 valence electrons. The van der Waals surface area contributed by atoms with Gasteiger partial charge >= 0.3 is 6.09 Å². The number of aromatic nitrogens is 2. The molecule has 3 aromatic rings. The van der Waals surface area contributed by atoms with Gasteiger partial charge in [-0.05, 0) is 68.9 Å². The summed E-state index contributed by atoms with van der Waals surface area (Å²) in [6.07, 6.45) is 4.76. The molecule has 6 heteroatoms. The predicted molar refractivity (Wildman–Crippen MR) is 111 cm³/mol. The van der Waals surface area contributed by atoms with Gasteiger partial charge in [-0.15, -0.1) is 0 Å². The molecule has 29 heavy (non-hydrogen) atoms. The number of likely N-dealkylation sites (tertiary alicyclic amines) is 1.